The summed E-state index contributed by atoms with van der Waals surface area (Å²) >= 11 is 5.96. The third-order valence-corrected chi connectivity index (χ3v) is 6.12. The molecular formula is C28H27ClN2. The van der Waals surface area contributed by atoms with Crippen molar-refractivity contribution in [2.45, 2.75) is 38.8 Å². The van der Waals surface area contributed by atoms with Gasteiger partial charge in [-0.05, 0) is 86.7 Å². The van der Waals surface area contributed by atoms with Crippen LogP contribution in [-0.2, 0) is 0 Å². The van der Waals surface area contributed by atoms with Crippen LogP contribution in [0.4, 0.5) is 0 Å². The summed E-state index contributed by atoms with van der Waals surface area (Å²) in [6, 6.07) is 21.4. The van der Waals surface area contributed by atoms with E-state index in [1.807, 2.05) is 42.6 Å². The van der Waals surface area contributed by atoms with E-state index >= 15 is 0 Å². The molecule has 1 heterocycles. The van der Waals surface area contributed by atoms with E-state index in [9.17, 15) is 0 Å². The van der Waals surface area contributed by atoms with Crippen LogP contribution in [-0.4, -0.2) is 29.0 Å². The Hall–Kier alpha value is -2.86. The van der Waals surface area contributed by atoms with Crippen molar-refractivity contribution >= 4 is 17.2 Å². The van der Waals surface area contributed by atoms with Crippen molar-refractivity contribution in [3.8, 4) is 23.0 Å². The zero-order chi connectivity index (χ0) is 21.8. The van der Waals surface area contributed by atoms with Gasteiger partial charge in [0.25, 0.3) is 0 Å². The summed E-state index contributed by atoms with van der Waals surface area (Å²) in [7, 11) is 2.22. The number of aromatic nitrogens is 1. The molecule has 0 radical (unpaired) electrons. The highest BCUT2D eigenvalue weighted by Gasteiger charge is 2.28. The molecule has 1 aliphatic carbocycles. The molecule has 0 unspecified atom stereocenters. The lowest BCUT2D eigenvalue weighted by atomic mass is 10.0. The summed E-state index contributed by atoms with van der Waals surface area (Å²) < 4.78 is 0. The Morgan fingerprint density at radius 2 is 1.68 bits per heavy atom. The predicted octanol–water partition coefficient (Wildman–Crippen LogP) is 6.69. The van der Waals surface area contributed by atoms with E-state index in [0.29, 0.717) is 6.04 Å². The van der Waals surface area contributed by atoms with Crippen molar-refractivity contribution < 1.29 is 0 Å². The maximum Gasteiger partial charge on any atom is 0.113 e. The quantitative estimate of drug-likeness (QED) is 0.422. The fourth-order valence-electron chi connectivity index (χ4n) is 3.62. The molecule has 3 aromatic rings. The van der Waals surface area contributed by atoms with E-state index in [1.54, 1.807) is 0 Å². The van der Waals surface area contributed by atoms with Gasteiger partial charge in [-0.2, -0.15) is 0 Å². The number of likely N-dealkylation sites (N-methyl/N-ethyl adjacent to an activating group) is 1. The van der Waals surface area contributed by atoms with Crippen molar-refractivity contribution in [3.63, 3.8) is 0 Å². The number of allylic oxidation sites excluding steroid dienone is 1. The average Bonchev–Trinajstić information content (AvgIpc) is 3.64. The van der Waals surface area contributed by atoms with E-state index in [4.69, 9.17) is 11.6 Å². The molecule has 0 spiro atoms. The molecule has 4 rings (SSSR count). The molecule has 0 N–H and O–H groups in total. The Morgan fingerprint density at radius 1 is 1.00 bits per heavy atom. The molecule has 1 saturated carbocycles. The van der Waals surface area contributed by atoms with Gasteiger partial charge in [-0.25, -0.2) is 4.98 Å². The van der Waals surface area contributed by atoms with Crippen molar-refractivity contribution in [1.29, 1.82) is 0 Å². The van der Waals surface area contributed by atoms with Crippen LogP contribution in [0, 0.1) is 11.8 Å². The fraction of sp³-hybridized carbons (Fsp3) is 0.250. The number of rotatable bonds is 5. The lowest BCUT2D eigenvalue weighted by Crippen LogP contribution is -2.29. The molecule has 0 bridgehead atoms. The monoisotopic (exact) mass is 426 g/mol. The number of nitrogens with zero attached hydrogens (tertiary/aromatic N) is 2. The summed E-state index contributed by atoms with van der Waals surface area (Å²) in [6.45, 7) is 4.46. The standard InChI is InChI=1S/C28H27ClN2/c1-20(18-21(2)31(3)28-16-17-28)23-7-4-22(5-8-23)6-14-27-15-11-25(19-30-27)24-9-12-26(29)13-10-24/h4-5,7-13,15,18-19,21,28H,16-17H2,1-3H3/b20-18+/t21-/m1/s1. The highest BCUT2D eigenvalue weighted by Crippen LogP contribution is 2.28. The maximum atomic E-state index is 5.96. The van der Waals surface area contributed by atoms with Gasteiger partial charge in [-0.1, -0.05) is 53.9 Å². The van der Waals surface area contributed by atoms with Crippen molar-refractivity contribution in [3.05, 3.63) is 94.8 Å². The summed E-state index contributed by atoms with van der Waals surface area (Å²) in [5.41, 5.74) is 6.44. The van der Waals surface area contributed by atoms with Crippen molar-refractivity contribution in [1.82, 2.24) is 9.88 Å². The molecule has 1 aromatic heterocycles. The first-order valence-corrected chi connectivity index (χ1v) is 11.1. The van der Waals surface area contributed by atoms with Gasteiger partial charge in [0.15, 0.2) is 0 Å². The van der Waals surface area contributed by atoms with Gasteiger partial charge < -0.3 is 0 Å². The van der Waals surface area contributed by atoms with Crippen LogP contribution in [0.25, 0.3) is 16.7 Å². The second-order valence-electron chi connectivity index (χ2n) is 8.25. The minimum absolute atomic E-state index is 0.453. The number of pyridine rings is 1. The highest BCUT2D eigenvalue weighted by molar-refractivity contribution is 6.30. The van der Waals surface area contributed by atoms with Gasteiger partial charge in [-0.15, -0.1) is 0 Å². The molecule has 0 aliphatic heterocycles. The van der Waals surface area contributed by atoms with Gasteiger partial charge in [-0.3, -0.25) is 4.90 Å². The molecule has 2 aromatic carbocycles. The van der Waals surface area contributed by atoms with E-state index in [1.165, 1.54) is 24.0 Å². The second-order valence-corrected chi connectivity index (χ2v) is 8.69. The highest BCUT2D eigenvalue weighted by atomic mass is 35.5. The minimum atomic E-state index is 0.453. The molecule has 156 valence electrons. The van der Waals surface area contributed by atoms with Gasteiger partial charge >= 0.3 is 0 Å². The van der Waals surface area contributed by atoms with Gasteiger partial charge in [0, 0.05) is 34.4 Å². The molecule has 1 atom stereocenters. The van der Waals surface area contributed by atoms with E-state index in [0.717, 1.165) is 33.4 Å². The largest absolute Gasteiger partial charge is 0.297 e. The first-order chi connectivity index (χ1) is 15.0. The summed E-state index contributed by atoms with van der Waals surface area (Å²) in [5, 5.41) is 0.732. The third kappa shape index (κ3) is 5.64. The number of benzene rings is 2. The van der Waals surface area contributed by atoms with Crippen LogP contribution in [0.3, 0.4) is 0 Å². The van der Waals surface area contributed by atoms with Gasteiger partial charge in [0.2, 0.25) is 0 Å². The Labute approximate surface area is 190 Å². The van der Waals surface area contributed by atoms with Crippen LogP contribution in [0.5, 0.6) is 0 Å². The summed E-state index contributed by atoms with van der Waals surface area (Å²) in [5.74, 6) is 6.38. The fourth-order valence-corrected chi connectivity index (χ4v) is 3.75. The van der Waals surface area contributed by atoms with Crippen LogP contribution < -0.4 is 0 Å². The Kier molecular flexibility index (Phi) is 6.56. The number of hydrogen-bond acceptors (Lipinski definition) is 2. The lowest BCUT2D eigenvalue weighted by molar-refractivity contribution is 0.287. The van der Waals surface area contributed by atoms with E-state index in [-0.39, 0.29) is 0 Å². The van der Waals surface area contributed by atoms with Crippen LogP contribution in [0.2, 0.25) is 5.02 Å². The average molecular weight is 427 g/mol. The Bertz CT molecular complexity index is 1110. The van der Waals surface area contributed by atoms with Crippen LogP contribution in [0.1, 0.15) is 43.5 Å². The van der Waals surface area contributed by atoms with Crippen LogP contribution >= 0.6 is 11.6 Å². The normalized spacial score (nSPS) is 14.8. The molecule has 0 saturated heterocycles. The third-order valence-electron chi connectivity index (χ3n) is 5.87. The van der Waals surface area contributed by atoms with Crippen LogP contribution in [0.15, 0.2) is 72.9 Å². The second kappa shape index (κ2) is 9.52. The Morgan fingerprint density at radius 3 is 2.29 bits per heavy atom. The number of halogens is 1. The summed E-state index contributed by atoms with van der Waals surface area (Å²) in [6.07, 6.45) is 6.87. The molecule has 1 aliphatic rings. The maximum absolute atomic E-state index is 5.96. The Balaban J connectivity index is 1.42. The minimum Gasteiger partial charge on any atom is -0.297 e. The topological polar surface area (TPSA) is 16.1 Å². The predicted molar refractivity (Wildman–Crippen MR) is 131 cm³/mol. The van der Waals surface area contributed by atoms with Crippen molar-refractivity contribution in [2.75, 3.05) is 7.05 Å². The lowest BCUT2D eigenvalue weighted by Gasteiger charge is -2.22. The smallest absolute Gasteiger partial charge is 0.113 e. The number of hydrogen-bond donors (Lipinski definition) is 0. The molecule has 1 fully saturated rings. The molecule has 2 nitrogen and oxygen atoms in total. The zero-order valence-electron chi connectivity index (χ0n) is 18.3. The van der Waals surface area contributed by atoms with Crippen molar-refractivity contribution in [2.24, 2.45) is 0 Å². The van der Waals surface area contributed by atoms with E-state index in [2.05, 4.69) is 73.0 Å². The summed E-state index contributed by atoms with van der Waals surface area (Å²) in [4.78, 5) is 6.95. The molecule has 31 heavy (non-hydrogen) atoms. The first kappa shape index (κ1) is 21.4. The molecule has 3 heteroatoms. The molecular weight excluding hydrogens is 400 g/mol. The molecule has 0 amide bonds. The SMILES string of the molecule is C/C(=C\[C@@H](C)N(C)C1CC1)c1ccc(C#Cc2ccc(-c3ccc(Cl)cc3)cn2)cc1. The van der Waals surface area contributed by atoms with E-state index < -0.39 is 0 Å². The van der Waals surface area contributed by atoms with Gasteiger partial charge in [0.1, 0.15) is 5.69 Å². The van der Waals surface area contributed by atoms with Gasteiger partial charge in [0.05, 0.1) is 0 Å². The zero-order valence-corrected chi connectivity index (χ0v) is 19.0. The first-order valence-electron chi connectivity index (χ1n) is 10.7.